The molecule has 0 aliphatic carbocycles. The Labute approximate surface area is 94.0 Å². The molecule has 0 aliphatic heterocycles. The summed E-state index contributed by atoms with van der Waals surface area (Å²) in [6.45, 7) is 4.29. The number of para-hydroxylation sites is 1. The van der Waals surface area contributed by atoms with Crippen LogP contribution in [0.2, 0.25) is 0 Å². The van der Waals surface area contributed by atoms with E-state index in [4.69, 9.17) is 11.6 Å². The quantitative estimate of drug-likeness (QED) is 0.749. The lowest BCUT2D eigenvalue weighted by molar-refractivity contribution is 0.469. The molecular weight excluding hydrogens is 210 g/mol. The molecule has 1 heterocycles. The van der Waals surface area contributed by atoms with Crippen molar-refractivity contribution in [2.75, 3.05) is 0 Å². The number of fused-ring (bicyclic) bond motifs is 1. The summed E-state index contributed by atoms with van der Waals surface area (Å²) in [4.78, 5) is 0. The molecule has 1 unspecified atom stereocenters. The predicted octanol–water partition coefficient (Wildman–Crippen LogP) is 3.21. The van der Waals surface area contributed by atoms with Crippen molar-refractivity contribution in [3.05, 3.63) is 24.3 Å². The van der Waals surface area contributed by atoms with E-state index in [-0.39, 0.29) is 5.50 Å². The van der Waals surface area contributed by atoms with E-state index in [2.05, 4.69) is 24.2 Å². The zero-order chi connectivity index (χ0) is 10.8. The van der Waals surface area contributed by atoms with E-state index in [1.54, 1.807) is 4.68 Å². The second-order valence-corrected chi connectivity index (χ2v) is 4.59. The van der Waals surface area contributed by atoms with Crippen molar-refractivity contribution in [3.8, 4) is 0 Å². The van der Waals surface area contributed by atoms with Gasteiger partial charge in [0.05, 0.1) is 5.52 Å². The molecule has 1 aromatic carbocycles. The first kappa shape index (κ1) is 10.4. The van der Waals surface area contributed by atoms with Crippen LogP contribution in [0.5, 0.6) is 0 Å². The number of rotatable bonds is 3. The standard InChI is InChI=1S/C11H14ClN3/c1-8(2)7-11(12)15-10-6-4-3-5-9(10)13-14-15/h3-6,8,11H,7H2,1-2H3. The van der Waals surface area contributed by atoms with Crippen molar-refractivity contribution in [2.24, 2.45) is 5.92 Å². The molecule has 0 saturated heterocycles. The fourth-order valence-electron chi connectivity index (χ4n) is 1.58. The lowest BCUT2D eigenvalue weighted by Gasteiger charge is -2.12. The Morgan fingerprint density at radius 3 is 2.80 bits per heavy atom. The van der Waals surface area contributed by atoms with E-state index in [0.717, 1.165) is 17.5 Å². The zero-order valence-electron chi connectivity index (χ0n) is 8.89. The van der Waals surface area contributed by atoms with E-state index in [1.807, 2.05) is 24.3 Å². The molecule has 0 radical (unpaired) electrons. The monoisotopic (exact) mass is 223 g/mol. The van der Waals surface area contributed by atoms with Gasteiger partial charge in [-0.15, -0.1) is 5.10 Å². The zero-order valence-corrected chi connectivity index (χ0v) is 9.65. The number of alkyl halides is 1. The normalized spacial score (nSPS) is 13.6. The first-order valence-corrected chi connectivity index (χ1v) is 5.56. The minimum atomic E-state index is -0.114. The van der Waals surface area contributed by atoms with E-state index < -0.39 is 0 Å². The molecule has 0 bridgehead atoms. The number of halogens is 1. The molecule has 0 amide bonds. The minimum absolute atomic E-state index is 0.114. The highest BCUT2D eigenvalue weighted by Crippen LogP contribution is 2.24. The Morgan fingerprint density at radius 1 is 1.33 bits per heavy atom. The maximum Gasteiger partial charge on any atom is 0.128 e. The molecule has 15 heavy (non-hydrogen) atoms. The van der Waals surface area contributed by atoms with Crippen LogP contribution in [0, 0.1) is 5.92 Å². The van der Waals surface area contributed by atoms with Gasteiger partial charge in [0.25, 0.3) is 0 Å². The maximum atomic E-state index is 6.28. The molecule has 0 N–H and O–H groups in total. The van der Waals surface area contributed by atoms with Gasteiger partial charge >= 0.3 is 0 Å². The average Bonchev–Trinajstić information content (AvgIpc) is 2.59. The molecule has 0 fully saturated rings. The first-order valence-electron chi connectivity index (χ1n) is 5.12. The third kappa shape index (κ3) is 2.12. The number of nitrogens with zero attached hydrogens (tertiary/aromatic N) is 3. The third-order valence-electron chi connectivity index (χ3n) is 2.31. The van der Waals surface area contributed by atoms with E-state index >= 15 is 0 Å². The van der Waals surface area contributed by atoms with Crippen LogP contribution in [0.1, 0.15) is 25.8 Å². The molecular formula is C11H14ClN3. The van der Waals surface area contributed by atoms with E-state index in [9.17, 15) is 0 Å². The fraction of sp³-hybridized carbons (Fsp3) is 0.455. The van der Waals surface area contributed by atoms with Crippen molar-refractivity contribution >= 4 is 22.6 Å². The van der Waals surface area contributed by atoms with Crippen molar-refractivity contribution in [2.45, 2.75) is 25.8 Å². The fourth-order valence-corrected chi connectivity index (χ4v) is 2.08. The molecule has 2 rings (SSSR count). The molecule has 0 spiro atoms. The summed E-state index contributed by atoms with van der Waals surface area (Å²) in [6.07, 6.45) is 0.898. The van der Waals surface area contributed by atoms with Crippen LogP contribution < -0.4 is 0 Å². The SMILES string of the molecule is CC(C)CC(Cl)n1nnc2ccccc21. The van der Waals surface area contributed by atoms with Gasteiger partial charge in [-0.1, -0.05) is 42.8 Å². The Morgan fingerprint density at radius 2 is 2.07 bits per heavy atom. The van der Waals surface area contributed by atoms with Crippen LogP contribution >= 0.6 is 11.6 Å². The van der Waals surface area contributed by atoms with Gasteiger partial charge in [0.1, 0.15) is 11.0 Å². The van der Waals surface area contributed by atoms with Gasteiger partial charge in [0.15, 0.2) is 0 Å². The van der Waals surface area contributed by atoms with Gasteiger partial charge in [-0.05, 0) is 24.5 Å². The molecule has 1 atom stereocenters. The highest BCUT2D eigenvalue weighted by molar-refractivity contribution is 6.19. The van der Waals surface area contributed by atoms with Gasteiger partial charge in [-0.2, -0.15) is 0 Å². The Balaban J connectivity index is 2.35. The molecule has 2 aromatic rings. The van der Waals surface area contributed by atoms with Crippen LogP contribution in [0.3, 0.4) is 0 Å². The number of hydrogen-bond acceptors (Lipinski definition) is 2. The molecule has 3 nitrogen and oxygen atoms in total. The minimum Gasteiger partial charge on any atom is -0.227 e. The van der Waals surface area contributed by atoms with Gasteiger partial charge in [0, 0.05) is 0 Å². The average molecular weight is 224 g/mol. The molecule has 0 saturated carbocycles. The predicted molar refractivity (Wildman–Crippen MR) is 61.9 cm³/mol. The van der Waals surface area contributed by atoms with Gasteiger partial charge in [0.2, 0.25) is 0 Å². The molecule has 0 aliphatic rings. The first-order chi connectivity index (χ1) is 7.18. The molecule has 1 aromatic heterocycles. The van der Waals surface area contributed by atoms with Crippen molar-refractivity contribution in [1.82, 2.24) is 15.0 Å². The maximum absolute atomic E-state index is 6.28. The van der Waals surface area contributed by atoms with Crippen LogP contribution in [0.15, 0.2) is 24.3 Å². The summed E-state index contributed by atoms with van der Waals surface area (Å²) < 4.78 is 1.79. The molecule has 4 heteroatoms. The second-order valence-electron chi connectivity index (χ2n) is 4.09. The summed E-state index contributed by atoms with van der Waals surface area (Å²) in [6, 6.07) is 7.86. The van der Waals surface area contributed by atoms with E-state index in [0.29, 0.717) is 5.92 Å². The van der Waals surface area contributed by atoms with Crippen molar-refractivity contribution in [1.29, 1.82) is 0 Å². The highest BCUT2D eigenvalue weighted by atomic mass is 35.5. The summed E-state index contributed by atoms with van der Waals surface area (Å²) in [5.74, 6) is 0.551. The summed E-state index contributed by atoms with van der Waals surface area (Å²) in [7, 11) is 0. The lowest BCUT2D eigenvalue weighted by Crippen LogP contribution is -2.07. The number of benzene rings is 1. The largest absolute Gasteiger partial charge is 0.227 e. The van der Waals surface area contributed by atoms with E-state index in [1.165, 1.54) is 0 Å². The summed E-state index contributed by atoms with van der Waals surface area (Å²) in [5, 5.41) is 8.16. The Kier molecular flexibility index (Phi) is 2.91. The van der Waals surface area contributed by atoms with Crippen LogP contribution in [-0.4, -0.2) is 15.0 Å². The smallest absolute Gasteiger partial charge is 0.128 e. The van der Waals surface area contributed by atoms with Gasteiger partial charge < -0.3 is 0 Å². The summed E-state index contributed by atoms with van der Waals surface area (Å²) in [5.41, 5.74) is 1.78. The van der Waals surface area contributed by atoms with Crippen LogP contribution in [-0.2, 0) is 0 Å². The van der Waals surface area contributed by atoms with Crippen LogP contribution in [0.25, 0.3) is 11.0 Å². The third-order valence-corrected chi connectivity index (χ3v) is 2.67. The lowest BCUT2D eigenvalue weighted by atomic mass is 10.1. The van der Waals surface area contributed by atoms with Crippen molar-refractivity contribution in [3.63, 3.8) is 0 Å². The van der Waals surface area contributed by atoms with Crippen molar-refractivity contribution < 1.29 is 0 Å². The Bertz CT molecular complexity index is 450. The Hall–Kier alpha value is -1.09. The number of aromatic nitrogens is 3. The second kappa shape index (κ2) is 4.19. The van der Waals surface area contributed by atoms with Crippen LogP contribution in [0.4, 0.5) is 0 Å². The summed E-state index contributed by atoms with van der Waals surface area (Å²) >= 11 is 6.28. The topological polar surface area (TPSA) is 30.7 Å². The van der Waals surface area contributed by atoms with Gasteiger partial charge in [-0.3, -0.25) is 0 Å². The highest BCUT2D eigenvalue weighted by Gasteiger charge is 2.13. The molecule has 80 valence electrons. The number of hydrogen-bond donors (Lipinski definition) is 0. The van der Waals surface area contributed by atoms with Gasteiger partial charge in [-0.25, -0.2) is 4.68 Å².